The first-order valence-corrected chi connectivity index (χ1v) is 4.51. The fourth-order valence-corrected chi connectivity index (χ4v) is 1.80. The third kappa shape index (κ3) is 2.00. The van der Waals surface area contributed by atoms with Crippen LogP contribution in [0.4, 0.5) is 0 Å². The van der Waals surface area contributed by atoms with E-state index >= 15 is 0 Å². The van der Waals surface area contributed by atoms with Crippen LogP contribution >= 0.6 is 0 Å². The highest BCUT2D eigenvalue weighted by Gasteiger charge is 2.20. The van der Waals surface area contributed by atoms with Crippen molar-refractivity contribution in [3.63, 3.8) is 0 Å². The first-order chi connectivity index (χ1) is 4.70. The van der Waals surface area contributed by atoms with E-state index in [1.807, 2.05) is 0 Å². The van der Waals surface area contributed by atoms with Crippen molar-refractivity contribution in [2.75, 3.05) is 0 Å². The molecule has 1 radical (unpaired) electrons. The predicted octanol–water partition coefficient (Wildman–Crippen LogP) is 3.43. The summed E-state index contributed by atoms with van der Waals surface area (Å²) in [6.07, 6.45) is 5.68. The summed E-state index contributed by atoms with van der Waals surface area (Å²) < 4.78 is 0. The van der Waals surface area contributed by atoms with Crippen molar-refractivity contribution in [2.24, 2.45) is 11.8 Å². The van der Waals surface area contributed by atoms with Crippen LogP contribution in [-0.4, -0.2) is 0 Å². The molecule has 0 N–H and O–H groups in total. The molecule has 1 saturated carbocycles. The Balaban J connectivity index is 2.26. The summed E-state index contributed by atoms with van der Waals surface area (Å²) >= 11 is 0. The molecule has 0 atom stereocenters. The zero-order valence-corrected chi connectivity index (χ0v) is 7.48. The molecule has 1 fully saturated rings. The second-order valence-corrected chi connectivity index (χ2v) is 4.04. The Bertz CT molecular complexity index is 86.2. The zero-order valence-electron chi connectivity index (χ0n) is 7.48. The zero-order chi connectivity index (χ0) is 7.56. The van der Waals surface area contributed by atoms with E-state index in [1.54, 1.807) is 5.92 Å². The van der Waals surface area contributed by atoms with Crippen LogP contribution in [0.15, 0.2) is 0 Å². The highest BCUT2D eigenvalue weighted by Crippen LogP contribution is 2.33. The highest BCUT2D eigenvalue weighted by atomic mass is 14.3. The average Bonchev–Trinajstić information content (AvgIpc) is 1.88. The Morgan fingerprint density at radius 3 is 2.10 bits per heavy atom. The lowest BCUT2D eigenvalue weighted by Crippen LogP contribution is -2.15. The van der Waals surface area contributed by atoms with Gasteiger partial charge in [-0.1, -0.05) is 20.8 Å². The van der Waals surface area contributed by atoms with E-state index in [1.165, 1.54) is 25.7 Å². The highest BCUT2D eigenvalue weighted by molar-refractivity contribution is 4.90. The lowest BCUT2D eigenvalue weighted by molar-refractivity contribution is 0.293. The fraction of sp³-hybridized carbons (Fsp3) is 0.900. The minimum atomic E-state index is 0.910. The van der Waals surface area contributed by atoms with Crippen LogP contribution in [-0.2, 0) is 0 Å². The van der Waals surface area contributed by atoms with E-state index in [-0.39, 0.29) is 0 Å². The van der Waals surface area contributed by atoms with Gasteiger partial charge in [0, 0.05) is 0 Å². The predicted molar refractivity (Wildman–Crippen MR) is 45.7 cm³/mol. The molecule has 10 heavy (non-hydrogen) atoms. The second-order valence-electron chi connectivity index (χ2n) is 4.04. The van der Waals surface area contributed by atoms with Gasteiger partial charge in [0.05, 0.1) is 0 Å². The van der Waals surface area contributed by atoms with Crippen LogP contribution in [0.2, 0.25) is 0 Å². The number of hydrogen-bond donors (Lipinski definition) is 0. The topological polar surface area (TPSA) is 0 Å². The number of rotatable bonds is 1. The molecule has 1 aliphatic carbocycles. The summed E-state index contributed by atoms with van der Waals surface area (Å²) in [6, 6.07) is 0. The molecule has 0 saturated heterocycles. The molecule has 59 valence electrons. The first-order valence-electron chi connectivity index (χ1n) is 4.51. The van der Waals surface area contributed by atoms with Gasteiger partial charge in [0.2, 0.25) is 0 Å². The Kier molecular flexibility index (Phi) is 2.76. The summed E-state index contributed by atoms with van der Waals surface area (Å²) in [4.78, 5) is 0. The van der Waals surface area contributed by atoms with Gasteiger partial charge in [0.15, 0.2) is 0 Å². The lowest BCUT2D eigenvalue weighted by Gasteiger charge is -2.28. The van der Waals surface area contributed by atoms with Gasteiger partial charge in [0.25, 0.3) is 0 Å². The van der Waals surface area contributed by atoms with Crippen molar-refractivity contribution in [1.82, 2.24) is 0 Å². The van der Waals surface area contributed by atoms with Gasteiger partial charge in [-0.05, 0) is 43.4 Å². The minimum Gasteiger partial charge on any atom is -0.0625 e. The Hall–Kier alpha value is 0. The van der Waals surface area contributed by atoms with Crippen LogP contribution in [0.25, 0.3) is 0 Å². The third-order valence-corrected chi connectivity index (χ3v) is 2.83. The molecule has 0 aliphatic heterocycles. The van der Waals surface area contributed by atoms with Crippen LogP contribution < -0.4 is 0 Å². The third-order valence-electron chi connectivity index (χ3n) is 2.83. The molecule has 0 heteroatoms. The van der Waals surface area contributed by atoms with Crippen molar-refractivity contribution in [3.8, 4) is 0 Å². The fourth-order valence-electron chi connectivity index (χ4n) is 1.80. The maximum atomic E-state index is 2.35. The normalized spacial score (nSPS) is 24.0. The Labute approximate surface area is 65.0 Å². The summed E-state index contributed by atoms with van der Waals surface area (Å²) in [7, 11) is 0. The van der Waals surface area contributed by atoms with E-state index < -0.39 is 0 Å². The van der Waals surface area contributed by atoms with E-state index in [2.05, 4.69) is 20.8 Å². The van der Waals surface area contributed by atoms with Crippen LogP contribution in [0.1, 0.15) is 46.5 Å². The molecule has 0 aromatic carbocycles. The molecule has 0 amide bonds. The van der Waals surface area contributed by atoms with Crippen molar-refractivity contribution in [3.05, 3.63) is 5.92 Å². The molecular weight excluding hydrogens is 120 g/mol. The minimum absolute atomic E-state index is 0.910. The molecule has 0 bridgehead atoms. The Morgan fingerprint density at radius 1 is 1.20 bits per heavy atom. The molecule has 0 heterocycles. The van der Waals surface area contributed by atoms with Gasteiger partial charge in [-0.3, -0.25) is 0 Å². The van der Waals surface area contributed by atoms with Gasteiger partial charge in [-0.25, -0.2) is 0 Å². The van der Waals surface area contributed by atoms with Crippen molar-refractivity contribution < 1.29 is 0 Å². The summed E-state index contributed by atoms with van der Waals surface area (Å²) in [5, 5.41) is 0. The molecule has 0 nitrogen and oxygen atoms in total. The van der Waals surface area contributed by atoms with E-state index in [0.717, 1.165) is 11.8 Å². The molecule has 0 unspecified atom stereocenters. The number of hydrogen-bond acceptors (Lipinski definition) is 0. The smallest absolute Gasteiger partial charge is 0.0272 e. The van der Waals surface area contributed by atoms with Crippen molar-refractivity contribution in [2.45, 2.75) is 46.5 Å². The Morgan fingerprint density at radius 2 is 1.70 bits per heavy atom. The average molecular weight is 139 g/mol. The summed E-state index contributed by atoms with van der Waals surface area (Å²) in [6.45, 7) is 7.01. The molecular formula is C10H19. The maximum absolute atomic E-state index is 2.35. The van der Waals surface area contributed by atoms with Gasteiger partial charge >= 0.3 is 0 Å². The van der Waals surface area contributed by atoms with Crippen LogP contribution in [0, 0.1) is 17.8 Å². The van der Waals surface area contributed by atoms with E-state index in [9.17, 15) is 0 Å². The van der Waals surface area contributed by atoms with Gasteiger partial charge in [-0.15, -0.1) is 0 Å². The maximum Gasteiger partial charge on any atom is -0.0272 e. The van der Waals surface area contributed by atoms with Crippen LogP contribution in [0.5, 0.6) is 0 Å². The lowest BCUT2D eigenvalue weighted by atomic mass is 9.78. The molecule has 1 aliphatic rings. The van der Waals surface area contributed by atoms with Gasteiger partial charge in [0.1, 0.15) is 0 Å². The van der Waals surface area contributed by atoms with E-state index in [0.29, 0.717) is 0 Å². The van der Waals surface area contributed by atoms with Crippen LogP contribution in [0.3, 0.4) is 0 Å². The molecule has 1 rings (SSSR count). The molecule has 0 spiro atoms. The van der Waals surface area contributed by atoms with Gasteiger partial charge < -0.3 is 0 Å². The molecule has 0 aromatic rings. The summed E-state index contributed by atoms with van der Waals surface area (Å²) in [5.41, 5.74) is 0. The monoisotopic (exact) mass is 139 g/mol. The summed E-state index contributed by atoms with van der Waals surface area (Å²) in [5.74, 6) is 3.65. The van der Waals surface area contributed by atoms with E-state index in [4.69, 9.17) is 0 Å². The van der Waals surface area contributed by atoms with Crippen molar-refractivity contribution >= 4 is 0 Å². The largest absolute Gasteiger partial charge is 0.0625 e. The SMILES string of the molecule is C[C]1CCC(C(C)C)CC1. The second kappa shape index (κ2) is 3.41. The quantitative estimate of drug-likeness (QED) is 0.522. The first kappa shape index (κ1) is 8.10. The van der Waals surface area contributed by atoms with Gasteiger partial charge in [-0.2, -0.15) is 0 Å². The standard InChI is InChI=1S/C10H19/c1-8(2)10-6-4-9(3)5-7-10/h8,10H,4-7H2,1-3H3. The molecule has 0 aromatic heterocycles. The van der Waals surface area contributed by atoms with Crippen molar-refractivity contribution in [1.29, 1.82) is 0 Å².